The Morgan fingerprint density at radius 2 is 1.64 bits per heavy atom. The van der Waals surface area contributed by atoms with Gasteiger partial charge in [-0.25, -0.2) is 13.2 Å². The van der Waals surface area contributed by atoms with Crippen molar-refractivity contribution in [3.05, 3.63) is 36.4 Å². The quantitative estimate of drug-likeness (QED) is 0.771. The van der Waals surface area contributed by atoms with E-state index < -0.39 is 21.7 Å². The second-order valence-corrected chi connectivity index (χ2v) is 9.32. The highest BCUT2D eigenvalue weighted by Crippen LogP contribution is 2.21. The van der Waals surface area contributed by atoms with Crippen molar-refractivity contribution in [1.29, 1.82) is 0 Å². The van der Waals surface area contributed by atoms with Gasteiger partial charge in [0.2, 0.25) is 15.9 Å². The number of carbonyl (C=O) groups is 2. The van der Waals surface area contributed by atoms with Crippen molar-refractivity contribution in [2.75, 3.05) is 31.5 Å². The van der Waals surface area contributed by atoms with Crippen LogP contribution in [0, 0.1) is 0 Å². The van der Waals surface area contributed by atoms with Crippen LogP contribution in [0.15, 0.2) is 41.3 Å². The topological polar surface area (TPSA) is 96.0 Å². The van der Waals surface area contributed by atoms with Crippen LogP contribution in [0.3, 0.4) is 0 Å². The molecule has 1 fully saturated rings. The maximum atomic E-state index is 12.8. The average Bonchev–Trinajstić information content (AvgIpc) is 2.61. The fraction of sp³-hybridized carbons (Fsp3) is 0.474. The van der Waals surface area contributed by atoms with E-state index in [1.807, 2.05) is 0 Å². The Kier molecular flexibility index (Phi) is 6.84. The Hall–Kier alpha value is -2.39. The number of allylic oxidation sites excluding steroid dienone is 1. The number of hydrogen-bond donors (Lipinski definition) is 1. The molecule has 0 bridgehead atoms. The van der Waals surface area contributed by atoms with E-state index in [9.17, 15) is 18.0 Å². The molecule has 0 atom stereocenters. The molecular formula is C19H27N3O5S. The maximum absolute atomic E-state index is 12.8. The van der Waals surface area contributed by atoms with E-state index in [1.54, 1.807) is 45.9 Å². The summed E-state index contributed by atoms with van der Waals surface area (Å²) in [6.07, 6.45) is 2.56. The Labute approximate surface area is 166 Å². The highest BCUT2D eigenvalue weighted by molar-refractivity contribution is 7.89. The minimum atomic E-state index is -3.67. The van der Waals surface area contributed by atoms with E-state index in [2.05, 4.69) is 5.32 Å². The smallest absolute Gasteiger partial charge is 0.410 e. The van der Waals surface area contributed by atoms with E-state index in [1.165, 1.54) is 27.4 Å². The number of hydrogen-bond acceptors (Lipinski definition) is 5. The van der Waals surface area contributed by atoms with E-state index in [0.29, 0.717) is 5.69 Å². The summed E-state index contributed by atoms with van der Waals surface area (Å²) >= 11 is 0. The highest BCUT2D eigenvalue weighted by atomic mass is 32.2. The van der Waals surface area contributed by atoms with E-state index >= 15 is 0 Å². The molecule has 0 saturated carbocycles. The van der Waals surface area contributed by atoms with Gasteiger partial charge in [-0.1, -0.05) is 6.08 Å². The van der Waals surface area contributed by atoms with Crippen molar-refractivity contribution in [2.45, 2.75) is 38.2 Å². The molecule has 154 valence electrons. The summed E-state index contributed by atoms with van der Waals surface area (Å²) in [4.78, 5) is 25.3. The first-order chi connectivity index (χ1) is 13.0. The van der Waals surface area contributed by atoms with Gasteiger partial charge in [-0.05, 0) is 58.0 Å². The number of nitrogens with one attached hydrogen (secondary N) is 1. The number of nitrogens with zero attached hydrogens (tertiary/aromatic N) is 2. The van der Waals surface area contributed by atoms with Gasteiger partial charge in [-0.15, -0.1) is 0 Å². The van der Waals surface area contributed by atoms with Crippen LogP contribution in [-0.2, 0) is 19.6 Å². The third-order valence-electron chi connectivity index (χ3n) is 3.97. The minimum absolute atomic E-state index is 0.141. The van der Waals surface area contributed by atoms with E-state index in [-0.39, 0.29) is 37.0 Å². The second-order valence-electron chi connectivity index (χ2n) is 7.39. The Balaban J connectivity index is 2.00. The minimum Gasteiger partial charge on any atom is -0.444 e. The highest BCUT2D eigenvalue weighted by Gasteiger charge is 2.31. The predicted molar refractivity (Wildman–Crippen MR) is 106 cm³/mol. The zero-order valence-electron chi connectivity index (χ0n) is 16.6. The number of sulfonamides is 1. The zero-order valence-corrected chi connectivity index (χ0v) is 17.5. The summed E-state index contributed by atoms with van der Waals surface area (Å²) in [6.45, 7) is 8.03. The molecule has 1 aromatic rings. The molecule has 1 aliphatic heterocycles. The lowest BCUT2D eigenvalue weighted by Gasteiger charge is -2.35. The molecule has 1 saturated heterocycles. The SMILES string of the molecule is C/C=C\C(=O)Nc1ccc(S(=O)(=O)N2CCN(C(=O)OC(C)(C)C)CC2)cc1. The number of piperazine rings is 1. The molecule has 1 heterocycles. The molecule has 28 heavy (non-hydrogen) atoms. The van der Waals surface area contributed by atoms with Gasteiger partial charge in [0, 0.05) is 31.9 Å². The van der Waals surface area contributed by atoms with Crippen LogP contribution in [0.25, 0.3) is 0 Å². The first-order valence-electron chi connectivity index (χ1n) is 9.05. The first-order valence-corrected chi connectivity index (χ1v) is 10.5. The molecule has 1 N–H and O–H groups in total. The molecule has 0 spiro atoms. The van der Waals surface area contributed by atoms with Crippen molar-refractivity contribution in [3.63, 3.8) is 0 Å². The number of benzene rings is 1. The molecule has 2 rings (SSSR count). The lowest BCUT2D eigenvalue weighted by atomic mass is 10.2. The Morgan fingerprint density at radius 1 is 1.07 bits per heavy atom. The van der Waals surface area contributed by atoms with Crippen molar-refractivity contribution < 1.29 is 22.7 Å². The number of anilines is 1. The summed E-state index contributed by atoms with van der Waals surface area (Å²) in [7, 11) is -3.67. The Bertz CT molecular complexity index is 833. The summed E-state index contributed by atoms with van der Waals surface area (Å²) in [5.74, 6) is -0.281. The molecule has 0 radical (unpaired) electrons. The van der Waals surface area contributed by atoms with Gasteiger partial charge in [0.25, 0.3) is 0 Å². The zero-order chi connectivity index (χ0) is 20.9. The van der Waals surface area contributed by atoms with Crippen molar-refractivity contribution in [1.82, 2.24) is 9.21 Å². The van der Waals surface area contributed by atoms with Crippen LogP contribution in [0.5, 0.6) is 0 Å². The lowest BCUT2D eigenvalue weighted by molar-refractivity contribution is -0.111. The van der Waals surface area contributed by atoms with Crippen LogP contribution in [-0.4, -0.2) is 61.4 Å². The standard InChI is InChI=1S/C19H27N3O5S/c1-5-6-17(23)20-15-7-9-16(10-8-15)28(25,26)22-13-11-21(12-14-22)18(24)27-19(2,3)4/h5-10H,11-14H2,1-4H3,(H,20,23)/b6-5-. The predicted octanol–water partition coefficient (Wildman–Crippen LogP) is 2.44. The van der Waals surface area contributed by atoms with Gasteiger partial charge in [0.15, 0.2) is 0 Å². The van der Waals surface area contributed by atoms with Crippen molar-refractivity contribution in [2.24, 2.45) is 0 Å². The molecule has 9 heteroatoms. The van der Waals surface area contributed by atoms with Crippen LogP contribution in [0.1, 0.15) is 27.7 Å². The molecule has 1 aromatic carbocycles. The number of ether oxygens (including phenoxy) is 1. The summed E-state index contributed by atoms with van der Waals surface area (Å²) in [5, 5.41) is 2.65. The van der Waals surface area contributed by atoms with Gasteiger partial charge in [0.05, 0.1) is 4.90 Å². The van der Waals surface area contributed by atoms with E-state index in [4.69, 9.17) is 4.74 Å². The normalized spacial score (nSPS) is 16.2. The molecule has 8 nitrogen and oxygen atoms in total. The van der Waals surface area contributed by atoms with Gasteiger partial charge < -0.3 is 15.0 Å². The maximum Gasteiger partial charge on any atom is 0.410 e. The van der Waals surface area contributed by atoms with Gasteiger partial charge >= 0.3 is 6.09 Å². The van der Waals surface area contributed by atoms with Crippen LogP contribution in [0.4, 0.5) is 10.5 Å². The summed E-state index contributed by atoms with van der Waals surface area (Å²) in [5.41, 5.74) is -0.0820. The van der Waals surface area contributed by atoms with Crippen LogP contribution < -0.4 is 5.32 Å². The van der Waals surface area contributed by atoms with Crippen LogP contribution in [0.2, 0.25) is 0 Å². The molecular weight excluding hydrogens is 382 g/mol. The van der Waals surface area contributed by atoms with Crippen molar-refractivity contribution in [3.8, 4) is 0 Å². The average molecular weight is 410 g/mol. The Morgan fingerprint density at radius 3 is 2.14 bits per heavy atom. The fourth-order valence-electron chi connectivity index (χ4n) is 2.63. The first kappa shape index (κ1) is 21.9. The third kappa shape index (κ3) is 5.80. The number of rotatable bonds is 4. The largest absolute Gasteiger partial charge is 0.444 e. The fourth-order valence-corrected chi connectivity index (χ4v) is 4.05. The third-order valence-corrected chi connectivity index (χ3v) is 5.88. The monoisotopic (exact) mass is 409 g/mol. The molecule has 2 amide bonds. The number of amides is 2. The number of carbonyl (C=O) groups excluding carboxylic acids is 2. The summed E-state index contributed by atoms with van der Waals surface area (Å²) < 4.78 is 32.3. The van der Waals surface area contributed by atoms with Gasteiger partial charge in [0.1, 0.15) is 5.60 Å². The molecule has 1 aliphatic rings. The van der Waals surface area contributed by atoms with E-state index in [0.717, 1.165) is 0 Å². The molecule has 0 unspecified atom stereocenters. The molecule has 0 aromatic heterocycles. The van der Waals surface area contributed by atoms with Gasteiger partial charge in [-0.3, -0.25) is 4.79 Å². The lowest BCUT2D eigenvalue weighted by Crippen LogP contribution is -2.51. The van der Waals surface area contributed by atoms with Crippen molar-refractivity contribution >= 4 is 27.7 Å². The molecule has 0 aliphatic carbocycles. The van der Waals surface area contributed by atoms with Crippen LogP contribution >= 0.6 is 0 Å². The second kappa shape index (κ2) is 8.74. The summed E-state index contributed by atoms with van der Waals surface area (Å²) in [6, 6.07) is 6.01. The van der Waals surface area contributed by atoms with Gasteiger partial charge in [-0.2, -0.15) is 4.31 Å².